The maximum atomic E-state index is 11.3. The highest BCUT2D eigenvalue weighted by Gasteiger charge is 2.14. The van der Waals surface area contributed by atoms with E-state index < -0.39 is 11.7 Å². The third kappa shape index (κ3) is 6.10. The maximum Gasteiger partial charge on any atom is 0.407 e. The summed E-state index contributed by atoms with van der Waals surface area (Å²) in [7, 11) is 0. The van der Waals surface area contributed by atoms with E-state index in [0.717, 1.165) is 0 Å². The standard InChI is InChI=1S/C13H17ClN2O3/c1-13(2,3)19-12(18)15-8-4-5-9-10(17)6-7-11(14)16-9/h4-7,17H,8H2,1-3H3,(H,15,18). The highest BCUT2D eigenvalue weighted by Crippen LogP contribution is 2.18. The van der Waals surface area contributed by atoms with E-state index in [1.807, 2.05) is 0 Å². The predicted molar refractivity (Wildman–Crippen MR) is 74.2 cm³/mol. The smallest absolute Gasteiger partial charge is 0.407 e. The Balaban J connectivity index is 2.47. The zero-order valence-corrected chi connectivity index (χ0v) is 11.9. The minimum absolute atomic E-state index is 0.0259. The van der Waals surface area contributed by atoms with Crippen molar-refractivity contribution in [1.82, 2.24) is 10.3 Å². The number of amides is 1. The highest BCUT2D eigenvalue weighted by molar-refractivity contribution is 6.29. The van der Waals surface area contributed by atoms with Crippen molar-refractivity contribution in [2.75, 3.05) is 6.54 Å². The van der Waals surface area contributed by atoms with Crippen LogP contribution < -0.4 is 5.32 Å². The average molecular weight is 285 g/mol. The molecule has 0 aliphatic carbocycles. The Morgan fingerprint density at radius 3 is 2.84 bits per heavy atom. The summed E-state index contributed by atoms with van der Waals surface area (Å²) >= 11 is 5.71. The number of ether oxygens (including phenoxy) is 1. The highest BCUT2D eigenvalue weighted by atomic mass is 35.5. The van der Waals surface area contributed by atoms with E-state index >= 15 is 0 Å². The fraction of sp³-hybridized carbons (Fsp3) is 0.385. The minimum Gasteiger partial charge on any atom is -0.506 e. The monoisotopic (exact) mass is 284 g/mol. The molecule has 0 fully saturated rings. The van der Waals surface area contributed by atoms with Crippen molar-refractivity contribution < 1.29 is 14.6 Å². The molecule has 1 heterocycles. The molecule has 1 aromatic heterocycles. The van der Waals surface area contributed by atoms with Crippen molar-refractivity contribution in [2.45, 2.75) is 26.4 Å². The van der Waals surface area contributed by atoms with Gasteiger partial charge in [0.1, 0.15) is 22.2 Å². The summed E-state index contributed by atoms with van der Waals surface area (Å²) in [6, 6.07) is 2.95. The number of hydrogen-bond acceptors (Lipinski definition) is 4. The van der Waals surface area contributed by atoms with Crippen LogP contribution in [0.25, 0.3) is 6.08 Å². The lowest BCUT2D eigenvalue weighted by atomic mass is 10.2. The van der Waals surface area contributed by atoms with Crippen LogP contribution >= 0.6 is 11.6 Å². The van der Waals surface area contributed by atoms with Gasteiger partial charge in [0, 0.05) is 6.54 Å². The van der Waals surface area contributed by atoms with Crippen molar-refractivity contribution in [3.8, 4) is 5.75 Å². The van der Waals surface area contributed by atoms with Gasteiger partial charge < -0.3 is 15.2 Å². The topological polar surface area (TPSA) is 71.5 Å². The van der Waals surface area contributed by atoms with Gasteiger partial charge in [-0.3, -0.25) is 0 Å². The van der Waals surface area contributed by atoms with Gasteiger partial charge in [0.05, 0.1) is 0 Å². The van der Waals surface area contributed by atoms with Gasteiger partial charge in [-0.15, -0.1) is 0 Å². The number of carbonyl (C=O) groups is 1. The molecule has 0 radical (unpaired) electrons. The Bertz CT molecular complexity index is 481. The Morgan fingerprint density at radius 1 is 1.53 bits per heavy atom. The van der Waals surface area contributed by atoms with E-state index in [1.165, 1.54) is 12.1 Å². The largest absolute Gasteiger partial charge is 0.506 e. The molecule has 0 saturated carbocycles. The molecule has 0 bridgehead atoms. The van der Waals surface area contributed by atoms with E-state index in [4.69, 9.17) is 16.3 Å². The second kappa shape index (κ2) is 6.43. The van der Waals surface area contributed by atoms with Crippen LogP contribution in [0, 0.1) is 0 Å². The first-order chi connectivity index (χ1) is 8.78. The summed E-state index contributed by atoms with van der Waals surface area (Å²) in [6.07, 6.45) is 2.71. The van der Waals surface area contributed by atoms with Crippen LogP contribution in [0.3, 0.4) is 0 Å². The lowest BCUT2D eigenvalue weighted by Crippen LogP contribution is -2.32. The molecule has 19 heavy (non-hydrogen) atoms. The third-order valence-corrected chi connectivity index (χ3v) is 2.12. The van der Waals surface area contributed by atoms with Gasteiger partial charge in [0.25, 0.3) is 0 Å². The first-order valence-corrected chi connectivity index (χ1v) is 6.14. The van der Waals surface area contributed by atoms with Gasteiger partial charge in [-0.2, -0.15) is 0 Å². The lowest BCUT2D eigenvalue weighted by Gasteiger charge is -2.19. The molecule has 2 N–H and O–H groups in total. The lowest BCUT2D eigenvalue weighted by molar-refractivity contribution is 0.0534. The molecule has 6 heteroatoms. The summed E-state index contributed by atoms with van der Waals surface area (Å²) in [5.74, 6) is 0.0259. The number of alkyl carbamates (subject to hydrolysis) is 1. The Labute approximate surface area is 117 Å². The molecular weight excluding hydrogens is 268 g/mol. The molecular formula is C13H17ClN2O3. The number of nitrogens with one attached hydrogen (secondary N) is 1. The fourth-order valence-corrected chi connectivity index (χ4v) is 1.35. The summed E-state index contributed by atoms with van der Waals surface area (Å²) in [4.78, 5) is 15.3. The van der Waals surface area contributed by atoms with Crippen LogP contribution in [-0.2, 0) is 4.74 Å². The van der Waals surface area contributed by atoms with Crippen molar-refractivity contribution >= 4 is 23.8 Å². The molecule has 0 saturated heterocycles. The number of hydrogen-bond donors (Lipinski definition) is 2. The zero-order chi connectivity index (χ0) is 14.5. The number of rotatable bonds is 3. The summed E-state index contributed by atoms with van der Waals surface area (Å²) in [6.45, 7) is 5.63. The molecule has 0 atom stereocenters. The second-order valence-electron chi connectivity index (χ2n) is 4.82. The molecule has 1 amide bonds. The Hall–Kier alpha value is -1.75. The number of aromatic hydroxyl groups is 1. The predicted octanol–water partition coefficient (Wildman–Crippen LogP) is 2.98. The second-order valence-corrected chi connectivity index (χ2v) is 5.21. The van der Waals surface area contributed by atoms with Gasteiger partial charge in [-0.25, -0.2) is 9.78 Å². The molecule has 0 aliphatic heterocycles. The van der Waals surface area contributed by atoms with Crippen LogP contribution in [0.4, 0.5) is 4.79 Å². The van der Waals surface area contributed by atoms with Crippen LogP contribution in [0.5, 0.6) is 5.75 Å². The van der Waals surface area contributed by atoms with Crippen molar-refractivity contribution in [2.24, 2.45) is 0 Å². The number of aromatic nitrogens is 1. The van der Waals surface area contributed by atoms with Crippen LogP contribution in [0.15, 0.2) is 18.2 Å². The molecule has 104 valence electrons. The molecule has 0 aromatic carbocycles. The van der Waals surface area contributed by atoms with Crippen molar-refractivity contribution in [3.05, 3.63) is 29.1 Å². The van der Waals surface area contributed by atoms with Crippen LogP contribution in [0.1, 0.15) is 26.5 Å². The average Bonchev–Trinajstić information content (AvgIpc) is 2.26. The quantitative estimate of drug-likeness (QED) is 0.837. The maximum absolute atomic E-state index is 11.3. The Kier molecular flexibility index (Phi) is 5.18. The number of carbonyl (C=O) groups excluding carboxylic acids is 1. The summed E-state index contributed by atoms with van der Waals surface area (Å²) < 4.78 is 5.06. The first kappa shape index (κ1) is 15.3. The third-order valence-electron chi connectivity index (χ3n) is 1.91. The van der Waals surface area contributed by atoms with Crippen LogP contribution in [0.2, 0.25) is 5.15 Å². The molecule has 5 nitrogen and oxygen atoms in total. The summed E-state index contributed by atoms with van der Waals surface area (Å²) in [5.41, 5.74) is -0.181. The van der Waals surface area contributed by atoms with Crippen molar-refractivity contribution in [3.63, 3.8) is 0 Å². The van der Waals surface area contributed by atoms with Crippen LogP contribution in [-0.4, -0.2) is 28.3 Å². The summed E-state index contributed by atoms with van der Waals surface area (Å²) in [5, 5.41) is 12.4. The fourth-order valence-electron chi connectivity index (χ4n) is 1.19. The molecule has 1 rings (SSSR count). The van der Waals surface area contributed by atoms with Gasteiger partial charge in [0.15, 0.2) is 0 Å². The van der Waals surface area contributed by atoms with Gasteiger partial charge >= 0.3 is 6.09 Å². The van der Waals surface area contributed by atoms with Gasteiger partial charge in [0.2, 0.25) is 0 Å². The minimum atomic E-state index is -0.527. The normalized spacial score (nSPS) is 11.6. The number of halogens is 1. The number of pyridine rings is 1. The van der Waals surface area contributed by atoms with E-state index in [1.54, 1.807) is 32.9 Å². The van der Waals surface area contributed by atoms with E-state index in [0.29, 0.717) is 5.69 Å². The van der Waals surface area contributed by atoms with Gasteiger partial charge in [-0.05, 0) is 39.0 Å². The number of nitrogens with zero attached hydrogens (tertiary/aromatic N) is 1. The zero-order valence-electron chi connectivity index (χ0n) is 11.1. The molecule has 0 unspecified atom stereocenters. The molecule has 1 aromatic rings. The van der Waals surface area contributed by atoms with E-state index in [2.05, 4.69) is 10.3 Å². The van der Waals surface area contributed by atoms with Crippen molar-refractivity contribution in [1.29, 1.82) is 0 Å². The van der Waals surface area contributed by atoms with Gasteiger partial charge in [-0.1, -0.05) is 17.7 Å². The SMILES string of the molecule is CC(C)(C)OC(=O)NCC=Cc1nc(Cl)ccc1O. The first-order valence-electron chi connectivity index (χ1n) is 5.77. The Morgan fingerprint density at radius 2 is 2.21 bits per heavy atom. The van der Waals surface area contributed by atoms with E-state index in [9.17, 15) is 9.90 Å². The molecule has 0 spiro atoms. The van der Waals surface area contributed by atoms with E-state index in [-0.39, 0.29) is 17.4 Å². The molecule has 0 aliphatic rings.